The van der Waals surface area contributed by atoms with E-state index in [1.165, 1.54) is 23.3 Å². The highest BCUT2D eigenvalue weighted by molar-refractivity contribution is 5.54. The van der Waals surface area contributed by atoms with Gasteiger partial charge in [0.1, 0.15) is 0 Å². The van der Waals surface area contributed by atoms with Crippen molar-refractivity contribution < 1.29 is 0 Å². The summed E-state index contributed by atoms with van der Waals surface area (Å²) in [5.74, 6) is 0. The van der Waals surface area contributed by atoms with Crippen molar-refractivity contribution in [3.63, 3.8) is 0 Å². The molecule has 2 nitrogen and oxygen atoms in total. The Morgan fingerprint density at radius 3 is 2.83 bits per heavy atom. The molecule has 0 saturated heterocycles. The number of aromatic amines is 1. The maximum atomic E-state index is 3.97. The van der Waals surface area contributed by atoms with E-state index in [-0.39, 0.29) is 0 Å². The first-order valence-corrected chi connectivity index (χ1v) is 4.55. The molecule has 1 aliphatic rings. The Balaban J connectivity index is 0.000000336. The summed E-state index contributed by atoms with van der Waals surface area (Å²) in [6.45, 7) is 6.16. The molecule has 1 heterocycles. The Morgan fingerprint density at radius 2 is 2.08 bits per heavy atom. The Hall–Kier alpha value is -1.05. The Kier molecular flexibility index (Phi) is 3.09. The number of rotatable bonds is 0. The zero-order valence-electron chi connectivity index (χ0n) is 8.02. The van der Waals surface area contributed by atoms with Gasteiger partial charge in [0.05, 0.1) is 11.9 Å². The molecule has 0 aliphatic heterocycles. The lowest BCUT2D eigenvalue weighted by molar-refractivity contribution is 0.926. The van der Waals surface area contributed by atoms with Crippen molar-refractivity contribution in [1.82, 2.24) is 10.2 Å². The molecule has 0 radical (unpaired) electrons. The Bertz CT molecular complexity index is 271. The van der Waals surface area contributed by atoms with Gasteiger partial charge in [0, 0.05) is 0 Å². The molecule has 2 rings (SSSR count). The van der Waals surface area contributed by atoms with Gasteiger partial charge in [0.15, 0.2) is 0 Å². The minimum absolute atomic E-state index is 1.15. The van der Waals surface area contributed by atoms with Crippen LogP contribution in [0.15, 0.2) is 11.8 Å². The summed E-state index contributed by atoms with van der Waals surface area (Å²) < 4.78 is 0. The predicted molar refractivity (Wildman–Crippen MR) is 51.9 cm³/mol. The summed E-state index contributed by atoms with van der Waals surface area (Å²) in [4.78, 5) is 0. The maximum absolute atomic E-state index is 3.97. The van der Waals surface area contributed by atoms with E-state index < -0.39 is 0 Å². The molecule has 0 fully saturated rings. The summed E-state index contributed by atoms with van der Waals surface area (Å²) in [6, 6.07) is 0. The second-order valence-corrected chi connectivity index (χ2v) is 2.80. The third-order valence-corrected chi connectivity index (χ3v) is 1.93. The maximum Gasteiger partial charge on any atom is 0.0609 e. The van der Waals surface area contributed by atoms with E-state index in [1.54, 1.807) is 0 Å². The molecule has 0 amide bonds. The van der Waals surface area contributed by atoms with Crippen molar-refractivity contribution in [2.24, 2.45) is 0 Å². The van der Waals surface area contributed by atoms with Gasteiger partial charge in [0.25, 0.3) is 0 Å². The van der Waals surface area contributed by atoms with Crippen LogP contribution in [0.5, 0.6) is 0 Å². The molecule has 0 atom stereocenters. The zero-order chi connectivity index (χ0) is 8.97. The van der Waals surface area contributed by atoms with Gasteiger partial charge in [0.2, 0.25) is 0 Å². The second-order valence-electron chi connectivity index (χ2n) is 2.80. The summed E-state index contributed by atoms with van der Waals surface area (Å²) >= 11 is 0. The van der Waals surface area contributed by atoms with E-state index in [0.717, 1.165) is 6.42 Å². The van der Waals surface area contributed by atoms with Gasteiger partial charge in [-0.15, -0.1) is 0 Å². The first-order chi connectivity index (χ1) is 5.86. The van der Waals surface area contributed by atoms with Crippen LogP contribution < -0.4 is 0 Å². The summed E-state index contributed by atoms with van der Waals surface area (Å²) in [5.41, 5.74) is 3.99. The lowest BCUT2D eigenvalue weighted by Gasteiger charge is -2.06. The van der Waals surface area contributed by atoms with Crippen molar-refractivity contribution in [3.8, 4) is 0 Å². The Morgan fingerprint density at radius 1 is 1.33 bits per heavy atom. The molecule has 0 spiro atoms. The van der Waals surface area contributed by atoms with E-state index >= 15 is 0 Å². The smallest absolute Gasteiger partial charge is 0.0609 e. The fraction of sp³-hybridized carbons (Fsp3) is 0.500. The van der Waals surface area contributed by atoms with E-state index in [2.05, 4.69) is 23.2 Å². The standard InChI is InChI=1S/C8H10N2.C2H6/c1-6-2-3-7-5-9-10-8(7)4-6;1-2/h4-5H,2-3H2,1H3,(H,9,10);1-2H3. The summed E-state index contributed by atoms with van der Waals surface area (Å²) in [6.07, 6.45) is 6.42. The highest BCUT2D eigenvalue weighted by atomic mass is 15.1. The van der Waals surface area contributed by atoms with Gasteiger partial charge in [-0.2, -0.15) is 5.10 Å². The third-order valence-electron chi connectivity index (χ3n) is 1.93. The van der Waals surface area contributed by atoms with Crippen molar-refractivity contribution in [3.05, 3.63) is 23.0 Å². The molecular formula is C10H16N2. The van der Waals surface area contributed by atoms with Gasteiger partial charge in [-0.05, 0) is 31.4 Å². The molecular weight excluding hydrogens is 148 g/mol. The first-order valence-electron chi connectivity index (χ1n) is 4.55. The van der Waals surface area contributed by atoms with E-state index in [9.17, 15) is 0 Å². The van der Waals surface area contributed by atoms with Crippen LogP contribution in [0, 0.1) is 0 Å². The molecule has 2 heteroatoms. The monoisotopic (exact) mass is 164 g/mol. The van der Waals surface area contributed by atoms with Crippen LogP contribution in [-0.2, 0) is 6.42 Å². The molecule has 12 heavy (non-hydrogen) atoms. The minimum Gasteiger partial charge on any atom is -0.278 e. The summed E-state index contributed by atoms with van der Waals surface area (Å²) in [5, 5.41) is 6.93. The molecule has 66 valence electrons. The fourth-order valence-corrected chi connectivity index (χ4v) is 1.30. The van der Waals surface area contributed by atoms with Gasteiger partial charge in [-0.3, -0.25) is 5.10 Å². The number of aryl methyl sites for hydroxylation is 1. The molecule has 0 saturated carbocycles. The average molecular weight is 164 g/mol. The van der Waals surface area contributed by atoms with Crippen molar-refractivity contribution in [2.45, 2.75) is 33.6 Å². The number of aromatic nitrogens is 2. The molecule has 1 aromatic heterocycles. The van der Waals surface area contributed by atoms with Crippen molar-refractivity contribution in [2.75, 3.05) is 0 Å². The molecule has 0 unspecified atom stereocenters. The third kappa shape index (κ3) is 1.76. The van der Waals surface area contributed by atoms with Crippen molar-refractivity contribution in [1.29, 1.82) is 0 Å². The van der Waals surface area contributed by atoms with Crippen LogP contribution in [0.4, 0.5) is 0 Å². The zero-order valence-corrected chi connectivity index (χ0v) is 8.02. The van der Waals surface area contributed by atoms with Crippen LogP contribution in [-0.4, -0.2) is 10.2 Å². The molecule has 1 N–H and O–H groups in total. The van der Waals surface area contributed by atoms with Gasteiger partial charge in [-0.25, -0.2) is 0 Å². The van der Waals surface area contributed by atoms with Crippen molar-refractivity contribution >= 4 is 6.08 Å². The van der Waals surface area contributed by atoms with E-state index in [0.29, 0.717) is 0 Å². The number of H-pyrrole nitrogens is 1. The first kappa shape index (κ1) is 9.04. The van der Waals surface area contributed by atoms with Gasteiger partial charge >= 0.3 is 0 Å². The van der Waals surface area contributed by atoms with Gasteiger partial charge in [-0.1, -0.05) is 19.4 Å². The van der Waals surface area contributed by atoms with Crippen LogP contribution in [0.3, 0.4) is 0 Å². The highest BCUT2D eigenvalue weighted by Crippen LogP contribution is 2.20. The second kappa shape index (κ2) is 4.10. The topological polar surface area (TPSA) is 28.7 Å². The molecule has 0 bridgehead atoms. The number of hydrogen-bond acceptors (Lipinski definition) is 1. The molecule has 1 aromatic rings. The molecule has 1 aliphatic carbocycles. The van der Waals surface area contributed by atoms with Crippen LogP contribution in [0.25, 0.3) is 6.08 Å². The van der Waals surface area contributed by atoms with E-state index in [1.807, 2.05) is 20.0 Å². The Labute approximate surface area is 73.7 Å². The quantitative estimate of drug-likeness (QED) is 0.627. The number of nitrogens with one attached hydrogen (secondary N) is 1. The van der Waals surface area contributed by atoms with Gasteiger partial charge < -0.3 is 0 Å². The molecule has 0 aromatic carbocycles. The predicted octanol–water partition coefficient (Wildman–Crippen LogP) is 2.79. The number of hydrogen-bond donors (Lipinski definition) is 1. The normalized spacial score (nSPS) is 14.1. The average Bonchev–Trinajstić information content (AvgIpc) is 2.54. The lowest BCUT2D eigenvalue weighted by Crippen LogP contribution is -1.93. The highest BCUT2D eigenvalue weighted by Gasteiger charge is 2.07. The van der Waals surface area contributed by atoms with E-state index in [4.69, 9.17) is 0 Å². The number of allylic oxidation sites excluding steroid dienone is 1. The number of fused-ring (bicyclic) bond motifs is 1. The number of nitrogens with zero attached hydrogens (tertiary/aromatic N) is 1. The largest absolute Gasteiger partial charge is 0.278 e. The van der Waals surface area contributed by atoms with Crippen LogP contribution >= 0.6 is 0 Å². The SMILES string of the molecule is CC.CC1=Cc2[nH]ncc2CC1. The lowest BCUT2D eigenvalue weighted by atomic mass is 9.99. The minimum atomic E-state index is 1.15. The summed E-state index contributed by atoms with van der Waals surface area (Å²) in [7, 11) is 0. The fourth-order valence-electron chi connectivity index (χ4n) is 1.30. The van der Waals surface area contributed by atoms with Crippen LogP contribution in [0.2, 0.25) is 0 Å². The van der Waals surface area contributed by atoms with Crippen LogP contribution in [0.1, 0.15) is 38.4 Å².